The number of aromatic nitrogens is 1. The molecule has 14 heavy (non-hydrogen) atoms. The van der Waals surface area contributed by atoms with E-state index >= 15 is 0 Å². The Morgan fingerprint density at radius 2 is 2.50 bits per heavy atom. The van der Waals surface area contributed by atoms with E-state index in [1.165, 1.54) is 5.56 Å². The number of rotatable bonds is 3. The average Bonchev–Trinajstić information content (AvgIpc) is 2.67. The first-order chi connectivity index (χ1) is 6.84. The molecule has 0 aliphatic carbocycles. The Morgan fingerprint density at radius 1 is 1.57 bits per heavy atom. The minimum Gasteiger partial charge on any atom is -0.380 e. The van der Waals surface area contributed by atoms with Crippen LogP contribution in [-0.4, -0.2) is 24.2 Å². The van der Waals surface area contributed by atoms with Gasteiger partial charge < -0.3 is 10.1 Å². The van der Waals surface area contributed by atoms with Gasteiger partial charge in [0.2, 0.25) is 0 Å². The zero-order valence-electron chi connectivity index (χ0n) is 7.87. The SMILES string of the molecule is Brc1cncc(CNC2CCOC2)c1. The third-order valence-corrected chi connectivity index (χ3v) is 2.72. The Balaban J connectivity index is 1.85. The topological polar surface area (TPSA) is 34.2 Å². The van der Waals surface area contributed by atoms with Gasteiger partial charge in [-0.15, -0.1) is 0 Å². The lowest BCUT2D eigenvalue weighted by atomic mass is 10.2. The standard InChI is InChI=1S/C10H13BrN2O/c11-9-3-8(4-12-6-9)5-13-10-1-2-14-7-10/h3-4,6,10,13H,1-2,5,7H2. The van der Waals surface area contributed by atoms with Crippen LogP contribution in [0.25, 0.3) is 0 Å². The molecule has 0 aromatic carbocycles. The summed E-state index contributed by atoms with van der Waals surface area (Å²) in [5, 5.41) is 3.44. The van der Waals surface area contributed by atoms with Gasteiger partial charge in [0.05, 0.1) is 6.61 Å². The highest BCUT2D eigenvalue weighted by molar-refractivity contribution is 9.10. The van der Waals surface area contributed by atoms with Crippen molar-refractivity contribution in [1.82, 2.24) is 10.3 Å². The molecular weight excluding hydrogens is 244 g/mol. The zero-order chi connectivity index (χ0) is 9.80. The fraction of sp³-hybridized carbons (Fsp3) is 0.500. The van der Waals surface area contributed by atoms with Crippen molar-refractivity contribution in [2.75, 3.05) is 13.2 Å². The van der Waals surface area contributed by atoms with Crippen molar-refractivity contribution in [3.63, 3.8) is 0 Å². The molecular formula is C10H13BrN2O. The molecule has 2 rings (SSSR count). The third kappa shape index (κ3) is 2.77. The van der Waals surface area contributed by atoms with Crippen LogP contribution >= 0.6 is 15.9 Å². The van der Waals surface area contributed by atoms with Crippen LogP contribution in [0.15, 0.2) is 22.9 Å². The van der Waals surface area contributed by atoms with Gasteiger partial charge in [-0.3, -0.25) is 4.98 Å². The molecule has 1 unspecified atom stereocenters. The summed E-state index contributed by atoms with van der Waals surface area (Å²) < 4.78 is 6.31. The second-order valence-corrected chi connectivity index (χ2v) is 4.37. The highest BCUT2D eigenvalue weighted by Crippen LogP contribution is 2.10. The fourth-order valence-electron chi connectivity index (χ4n) is 1.51. The number of ether oxygens (including phenoxy) is 1. The van der Waals surface area contributed by atoms with Gasteiger partial charge in [-0.1, -0.05) is 0 Å². The second-order valence-electron chi connectivity index (χ2n) is 3.45. The minimum atomic E-state index is 0.508. The first-order valence-electron chi connectivity index (χ1n) is 4.75. The Bertz CT molecular complexity index is 300. The van der Waals surface area contributed by atoms with Crippen molar-refractivity contribution in [3.05, 3.63) is 28.5 Å². The Labute approximate surface area is 92.0 Å². The lowest BCUT2D eigenvalue weighted by molar-refractivity contribution is 0.190. The van der Waals surface area contributed by atoms with E-state index in [0.29, 0.717) is 6.04 Å². The predicted molar refractivity (Wildman–Crippen MR) is 58.0 cm³/mol. The Kier molecular flexibility index (Phi) is 3.50. The van der Waals surface area contributed by atoms with E-state index in [4.69, 9.17) is 4.74 Å². The summed E-state index contributed by atoms with van der Waals surface area (Å²) in [4.78, 5) is 4.11. The molecule has 0 spiro atoms. The summed E-state index contributed by atoms with van der Waals surface area (Å²) in [6, 6.07) is 2.59. The summed E-state index contributed by atoms with van der Waals surface area (Å²) >= 11 is 3.40. The molecule has 0 bridgehead atoms. The summed E-state index contributed by atoms with van der Waals surface area (Å²) in [6.45, 7) is 2.58. The average molecular weight is 257 g/mol. The maximum absolute atomic E-state index is 5.28. The molecule has 1 N–H and O–H groups in total. The minimum absolute atomic E-state index is 0.508. The molecule has 3 nitrogen and oxygen atoms in total. The Hall–Kier alpha value is -0.450. The van der Waals surface area contributed by atoms with Gasteiger partial charge in [0, 0.05) is 36.1 Å². The molecule has 0 radical (unpaired) electrons. The monoisotopic (exact) mass is 256 g/mol. The fourth-order valence-corrected chi connectivity index (χ4v) is 1.92. The van der Waals surface area contributed by atoms with Crippen LogP contribution in [0.2, 0.25) is 0 Å². The van der Waals surface area contributed by atoms with Crippen molar-refractivity contribution in [3.8, 4) is 0 Å². The van der Waals surface area contributed by atoms with Gasteiger partial charge in [-0.05, 0) is 34.0 Å². The van der Waals surface area contributed by atoms with E-state index in [-0.39, 0.29) is 0 Å². The lowest BCUT2D eigenvalue weighted by Crippen LogP contribution is -2.28. The molecule has 1 aromatic rings. The summed E-state index contributed by atoms with van der Waals surface area (Å²) in [5.74, 6) is 0. The van der Waals surface area contributed by atoms with Crippen molar-refractivity contribution >= 4 is 15.9 Å². The molecule has 76 valence electrons. The molecule has 4 heteroatoms. The van der Waals surface area contributed by atoms with Crippen LogP contribution in [0, 0.1) is 0 Å². The summed E-state index contributed by atoms with van der Waals surface area (Å²) in [5.41, 5.74) is 1.20. The van der Waals surface area contributed by atoms with Crippen LogP contribution < -0.4 is 5.32 Å². The molecule has 2 heterocycles. The molecule has 0 amide bonds. The van der Waals surface area contributed by atoms with E-state index in [0.717, 1.165) is 30.7 Å². The maximum Gasteiger partial charge on any atom is 0.0620 e. The van der Waals surface area contributed by atoms with E-state index in [9.17, 15) is 0 Å². The smallest absolute Gasteiger partial charge is 0.0620 e. The lowest BCUT2D eigenvalue weighted by Gasteiger charge is -2.09. The van der Waals surface area contributed by atoms with Gasteiger partial charge in [0.15, 0.2) is 0 Å². The van der Waals surface area contributed by atoms with Crippen LogP contribution in [0.4, 0.5) is 0 Å². The molecule has 0 saturated carbocycles. The number of pyridine rings is 1. The first kappa shape index (κ1) is 10.1. The molecule has 1 aromatic heterocycles. The molecule has 1 aliphatic rings. The highest BCUT2D eigenvalue weighted by Gasteiger charge is 2.14. The van der Waals surface area contributed by atoms with Crippen LogP contribution in [-0.2, 0) is 11.3 Å². The van der Waals surface area contributed by atoms with Crippen molar-refractivity contribution in [2.24, 2.45) is 0 Å². The molecule has 1 aliphatic heterocycles. The van der Waals surface area contributed by atoms with E-state index in [2.05, 4.69) is 32.3 Å². The number of hydrogen-bond acceptors (Lipinski definition) is 3. The van der Waals surface area contributed by atoms with Crippen molar-refractivity contribution in [2.45, 2.75) is 19.0 Å². The quantitative estimate of drug-likeness (QED) is 0.895. The number of halogens is 1. The maximum atomic E-state index is 5.28. The predicted octanol–water partition coefficient (Wildman–Crippen LogP) is 1.72. The zero-order valence-corrected chi connectivity index (χ0v) is 9.46. The normalized spacial score (nSPS) is 21.4. The van der Waals surface area contributed by atoms with Crippen LogP contribution in [0.5, 0.6) is 0 Å². The molecule has 1 atom stereocenters. The van der Waals surface area contributed by atoms with Crippen LogP contribution in [0.3, 0.4) is 0 Å². The highest BCUT2D eigenvalue weighted by atomic mass is 79.9. The second kappa shape index (κ2) is 4.87. The first-order valence-corrected chi connectivity index (χ1v) is 5.54. The van der Waals surface area contributed by atoms with Gasteiger partial charge in [-0.25, -0.2) is 0 Å². The van der Waals surface area contributed by atoms with E-state index < -0.39 is 0 Å². The largest absolute Gasteiger partial charge is 0.380 e. The summed E-state index contributed by atoms with van der Waals surface area (Å²) in [6.07, 6.45) is 4.79. The van der Waals surface area contributed by atoms with Gasteiger partial charge >= 0.3 is 0 Å². The van der Waals surface area contributed by atoms with Crippen LogP contribution in [0.1, 0.15) is 12.0 Å². The van der Waals surface area contributed by atoms with Gasteiger partial charge in [-0.2, -0.15) is 0 Å². The Morgan fingerprint density at radius 3 is 3.21 bits per heavy atom. The number of nitrogens with one attached hydrogen (secondary N) is 1. The number of nitrogens with zero attached hydrogens (tertiary/aromatic N) is 1. The van der Waals surface area contributed by atoms with E-state index in [1.807, 2.05) is 6.20 Å². The molecule has 1 fully saturated rings. The van der Waals surface area contributed by atoms with E-state index in [1.54, 1.807) is 6.20 Å². The summed E-state index contributed by atoms with van der Waals surface area (Å²) in [7, 11) is 0. The third-order valence-electron chi connectivity index (χ3n) is 2.29. The molecule has 1 saturated heterocycles. The van der Waals surface area contributed by atoms with Gasteiger partial charge in [0.1, 0.15) is 0 Å². The van der Waals surface area contributed by atoms with Gasteiger partial charge in [0.25, 0.3) is 0 Å². The number of hydrogen-bond donors (Lipinski definition) is 1. The van der Waals surface area contributed by atoms with Crippen molar-refractivity contribution < 1.29 is 4.74 Å². The van der Waals surface area contributed by atoms with Crippen molar-refractivity contribution in [1.29, 1.82) is 0 Å².